The van der Waals surface area contributed by atoms with Crippen LogP contribution in [0.15, 0.2) is 48.5 Å². The van der Waals surface area contributed by atoms with Crippen molar-refractivity contribution in [2.45, 2.75) is 19.0 Å². The van der Waals surface area contributed by atoms with Crippen LogP contribution in [0.3, 0.4) is 0 Å². The Morgan fingerprint density at radius 2 is 1.69 bits per heavy atom. The van der Waals surface area contributed by atoms with E-state index in [1.54, 1.807) is 35.1 Å². The average Bonchev–Trinajstić information content (AvgIpc) is 3.04. The van der Waals surface area contributed by atoms with Crippen molar-refractivity contribution in [3.63, 3.8) is 0 Å². The van der Waals surface area contributed by atoms with Crippen LogP contribution in [-0.4, -0.2) is 45.1 Å². The Balaban J connectivity index is 1.83. The maximum atomic E-state index is 13.3. The van der Waals surface area contributed by atoms with Crippen LogP contribution in [0.2, 0.25) is 0 Å². The summed E-state index contributed by atoms with van der Waals surface area (Å²) in [7, 11) is -1.64. The molecule has 0 spiro atoms. The van der Waals surface area contributed by atoms with Crippen molar-refractivity contribution in [3.05, 3.63) is 54.1 Å². The highest BCUT2D eigenvalue weighted by Crippen LogP contribution is 2.39. The quantitative estimate of drug-likeness (QED) is 0.777. The highest BCUT2D eigenvalue weighted by atomic mass is 32.2. The SMILES string of the molecule is COc1cccc(N2C(=O)N(c3ccccc3C)[C@H]3CS(=O)(=O)C[C@@H]32)c1. The number of amides is 2. The topological polar surface area (TPSA) is 66.9 Å². The zero-order chi connectivity index (χ0) is 18.5. The summed E-state index contributed by atoms with van der Waals surface area (Å²) in [5.41, 5.74) is 2.35. The minimum absolute atomic E-state index is 0.0157. The molecule has 2 heterocycles. The molecule has 2 saturated heterocycles. The van der Waals surface area contributed by atoms with Gasteiger partial charge in [-0.3, -0.25) is 9.80 Å². The summed E-state index contributed by atoms with van der Waals surface area (Å²) in [5, 5.41) is 0. The molecular weight excluding hydrogens is 352 g/mol. The van der Waals surface area contributed by atoms with Gasteiger partial charge >= 0.3 is 6.03 Å². The van der Waals surface area contributed by atoms with Gasteiger partial charge in [0.25, 0.3) is 0 Å². The number of sulfone groups is 1. The Bertz CT molecular complexity index is 973. The molecule has 2 aromatic carbocycles. The van der Waals surface area contributed by atoms with Crippen molar-refractivity contribution in [1.29, 1.82) is 0 Å². The molecule has 0 radical (unpaired) electrons. The van der Waals surface area contributed by atoms with Crippen molar-refractivity contribution in [2.75, 3.05) is 28.4 Å². The summed E-state index contributed by atoms with van der Waals surface area (Å²) in [6.45, 7) is 1.93. The van der Waals surface area contributed by atoms with E-state index in [9.17, 15) is 13.2 Å². The molecular formula is C19H20N2O4S. The van der Waals surface area contributed by atoms with Crippen LogP contribution in [0.4, 0.5) is 16.2 Å². The molecule has 6 nitrogen and oxygen atoms in total. The molecule has 2 aliphatic rings. The molecule has 2 amide bonds. The first kappa shape index (κ1) is 16.9. The van der Waals surface area contributed by atoms with Crippen molar-refractivity contribution in [1.82, 2.24) is 0 Å². The largest absolute Gasteiger partial charge is 0.497 e. The summed E-state index contributed by atoms with van der Waals surface area (Å²) < 4.78 is 29.9. The van der Waals surface area contributed by atoms with E-state index in [1.807, 2.05) is 37.3 Å². The highest BCUT2D eigenvalue weighted by Gasteiger charge is 2.54. The number of hydrogen-bond acceptors (Lipinski definition) is 4. The van der Waals surface area contributed by atoms with Crippen LogP contribution >= 0.6 is 0 Å². The lowest BCUT2D eigenvalue weighted by Gasteiger charge is -2.24. The van der Waals surface area contributed by atoms with Crippen molar-refractivity contribution in [2.24, 2.45) is 0 Å². The Hall–Kier alpha value is -2.54. The fraction of sp³-hybridized carbons (Fsp3) is 0.316. The second-order valence-electron chi connectivity index (χ2n) is 6.72. The number of urea groups is 1. The number of benzene rings is 2. The first-order chi connectivity index (χ1) is 12.4. The molecule has 26 heavy (non-hydrogen) atoms. The normalized spacial score (nSPS) is 24.0. The predicted molar refractivity (Wildman–Crippen MR) is 101 cm³/mol. The third-order valence-electron chi connectivity index (χ3n) is 5.08. The number of carbonyl (C=O) groups is 1. The van der Waals surface area contributed by atoms with Crippen LogP contribution in [0.5, 0.6) is 5.75 Å². The van der Waals surface area contributed by atoms with Gasteiger partial charge in [0.2, 0.25) is 0 Å². The molecule has 0 saturated carbocycles. The lowest BCUT2D eigenvalue weighted by molar-refractivity contribution is 0.255. The number of hydrogen-bond donors (Lipinski definition) is 0. The van der Waals surface area contributed by atoms with Gasteiger partial charge in [0.15, 0.2) is 9.84 Å². The van der Waals surface area contributed by atoms with E-state index in [4.69, 9.17) is 4.74 Å². The third kappa shape index (κ3) is 2.63. The highest BCUT2D eigenvalue weighted by molar-refractivity contribution is 7.91. The van der Waals surface area contributed by atoms with Crippen LogP contribution in [-0.2, 0) is 9.84 Å². The number of ether oxygens (including phenoxy) is 1. The predicted octanol–water partition coefficient (Wildman–Crippen LogP) is 2.62. The lowest BCUT2D eigenvalue weighted by atomic mass is 10.1. The number of nitrogens with zero attached hydrogens (tertiary/aromatic N) is 2. The minimum atomic E-state index is -3.21. The summed E-state index contributed by atoms with van der Waals surface area (Å²) in [5.74, 6) is 0.586. The number of para-hydroxylation sites is 1. The molecule has 0 N–H and O–H groups in total. The van der Waals surface area contributed by atoms with E-state index >= 15 is 0 Å². The zero-order valence-corrected chi connectivity index (χ0v) is 15.4. The maximum Gasteiger partial charge on any atom is 0.329 e. The van der Waals surface area contributed by atoms with Gasteiger partial charge in [0.05, 0.1) is 30.7 Å². The van der Waals surface area contributed by atoms with E-state index in [1.165, 1.54) is 0 Å². The van der Waals surface area contributed by atoms with Gasteiger partial charge in [-0.2, -0.15) is 0 Å². The molecule has 2 aromatic rings. The number of anilines is 2. The van der Waals surface area contributed by atoms with Crippen molar-refractivity contribution < 1.29 is 17.9 Å². The Morgan fingerprint density at radius 1 is 1.00 bits per heavy atom. The Kier molecular flexibility index (Phi) is 3.91. The first-order valence-electron chi connectivity index (χ1n) is 8.44. The number of rotatable bonds is 3. The average molecular weight is 372 g/mol. The molecule has 136 valence electrons. The van der Waals surface area contributed by atoms with E-state index in [2.05, 4.69) is 0 Å². The van der Waals surface area contributed by atoms with Gasteiger partial charge in [-0.05, 0) is 30.7 Å². The molecule has 0 aromatic heterocycles. The third-order valence-corrected chi connectivity index (χ3v) is 6.77. The summed E-state index contributed by atoms with van der Waals surface area (Å²) >= 11 is 0. The fourth-order valence-corrected chi connectivity index (χ4v) is 5.80. The van der Waals surface area contributed by atoms with Crippen LogP contribution in [0.1, 0.15) is 5.56 Å². The summed E-state index contributed by atoms with van der Waals surface area (Å²) in [6.07, 6.45) is 0. The van der Waals surface area contributed by atoms with Gasteiger partial charge in [-0.25, -0.2) is 13.2 Å². The van der Waals surface area contributed by atoms with Gasteiger partial charge in [-0.1, -0.05) is 24.3 Å². The first-order valence-corrected chi connectivity index (χ1v) is 10.3. The number of fused-ring (bicyclic) bond motifs is 1. The fourth-order valence-electron chi connectivity index (χ4n) is 3.88. The Morgan fingerprint density at radius 3 is 2.38 bits per heavy atom. The molecule has 2 atom stereocenters. The van der Waals surface area contributed by atoms with Gasteiger partial charge in [0.1, 0.15) is 5.75 Å². The molecule has 0 unspecified atom stereocenters. The molecule has 0 aliphatic carbocycles. The van der Waals surface area contributed by atoms with E-state index in [0.717, 1.165) is 11.3 Å². The maximum absolute atomic E-state index is 13.3. The molecule has 2 aliphatic heterocycles. The zero-order valence-electron chi connectivity index (χ0n) is 14.6. The lowest BCUT2D eigenvalue weighted by Crippen LogP contribution is -2.38. The standard InChI is InChI=1S/C19H20N2O4S/c1-13-6-3-4-9-16(13)21-18-12-26(23,24)11-17(18)20(19(21)22)14-7-5-8-15(10-14)25-2/h3-10,17-18H,11-12H2,1-2H3/t17-,18-/m0/s1. The smallest absolute Gasteiger partial charge is 0.329 e. The van der Waals surface area contributed by atoms with Crippen molar-refractivity contribution in [3.8, 4) is 5.75 Å². The van der Waals surface area contributed by atoms with Gasteiger partial charge < -0.3 is 4.74 Å². The molecule has 4 rings (SSSR count). The second-order valence-corrected chi connectivity index (χ2v) is 8.88. The molecule has 2 fully saturated rings. The van der Waals surface area contributed by atoms with Gasteiger partial charge in [0, 0.05) is 17.4 Å². The summed E-state index contributed by atoms with van der Waals surface area (Å²) in [6, 6.07) is 13.7. The van der Waals surface area contributed by atoms with Crippen LogP contribution < -0.4 is 14.5 Å². The summed E-state index contributed by atoms with van der Waals surface area (Å²) in [4.78, 5) is 16.5. The van der Waals surface area contributed by atoms with Crippen molar-refractivity contribution >= 4 is 27.2 Å². The van der Waals surface area contributed by atoms with E-state index in [0.29, 0.717) is 11.4 Å². The van der Waals surface area contributed by atoms with E-state index < -0.39 is 15.9 Å². The number of aryl methyl sites for hydroxylation is 1. The Labute approximate surface area is 152 Å². The van der Waals surface area contributed by atoms with Crippen LogP contribution in [0.25, 0.3) is 0 Å². The monoisotopic (exact) mass is 372 g/mol. The second kappa shape index (κ2) is 6.02. The minimum Gasteiger partial charge on any atom is -0.497 e. The number of methoxy groups -OCH3 is 1. The molecule has 0 bridgehead atoms. The van der Waals surface area contributed by atoms with E-state index in [-0.39, 0.29) is 23.6 Å². The molecule has 7 heteroatoms. The van der Waals surface area contributed by atoms with Crippen LogP contribution in [0, 0.1) is 6.92 Å². The van der Waals surface area contributed by atoms with Gasteiger partial charge in [-0.15, -0.1) is 0 Å². The number of carbonyl (C=O) groups excluding carboxylic acids is 1.